The average Bonchev–Trinajstić information content (AvgIpc) is 2.66. The Hall–Kier alpha value is -2.04. The van der Waals surface area contributed by atoms with Crippen LogP contribution in [0.4, 0.5) is 0 Å². The van der Waals surface area contributed by atoms with E-state index < -0.39 is 17.4 Å². The summed E-state index contributed by atoms with van der Waals surface area (Å²) in [7, 11) is 1.51. The number of hydrogen-bond acceptors (Lipinski definition) is 5. The molecular formula is C21H32O5. The zero-order valence-corrected chi connectivity index (χ0v) is 16.5. The molecule has 0 aliphatic heterocycles. The molecular weight excluding hydrogens is 332 g/mol. The van der Waals surface area contributed by atoms with Crippen LogP contribution in [0.2, 0.25) is 0 Å². The predicted molar refractivity (Wildman–Crippen MR) is 101 cm³/mol. The van der Waals surface area contributed by atoms with Crippen LogP contribution in [-0.2, 0) is 14.3 Å². The van der Waals surface area contributed by atoms with Crippen LogP contribution in [0.15, 0.2) is 24.3 Å². The maximum Gasteiger partial charge on any atom is 0.328 e. The molecule has 26 heavy (non-hydrogen) atoms. The molecule has 1 rings (SSSR count). The molecule has 5 heteroatoms. The SMILES string of the molecule is CCCCCCCOC(=O)C(CC)(CC)C(=O)Oc1ccccc1OC. The van der Waals surface area contributed by atoms with Gasteiger partial charge in [0.2, 0.25) is 0 Å². The van der Waals surface area contributed by atoms with Crippen LogP contribution < -0.4 is 9.47 Å². The Morgan fingerprint density at radius 2 is 1.50 bits per heavy atom. The van der Waals surface area contributed by atoms with E-state index in [1.165, 1.54) is 20.0 Å². The number of ether oxygens (including phenoxy) is 3. The van der Waals surface area contributed by atoms with Crippen molar-refractivity contribution in [2.75, 3.05) is 13.7 Å². The average molecular weight is 364 g/mol. The quantitative estimate of drug-likeness (QED) is 0.228. The van der Waals surface area contributed by atoms with Gasteiger partial charge in [-0.05, 0) is 31.4 Å². The third-order valence-electron chi connectivity index (χ3n) is 4.74. The molecule has 0 amide bonds. The summed E-state index contributed by atoms with van der Waals surface area (Å²) in [4.78, 5) is 25.4. The van der Waals surface area contributed by atoms with E-state index in [4.69, 9.17) is 14.2 Å². The van der Waals surface area contributed by atoms with E-state index >= 15 is 0 Å². The summed E-state index contributed by atoms with van der Waals surface area (Å²) >= 11 is 0. The van der Waals surface area contributed by atoms with Gasteiger partial charge in [0.15, 0.2) is 16.9 Å². The Kier molecular flexibility index (Phi) is 9.78. The first-order valence-electron chi connectivity index (χ1n) is 9.58. The van der Waals surface area contributed by atoms with E-state index in [1.807, 2.05) is 0 Å². The molecule has 1 aromatic carbocycles. The predicted octanol–water partition coefficient (Wildman–Crippen LogP) is 4.92. The number of carbonyl (C=O) groups excluding carboxylic acids is 2. The van der Waals surface area contributed by atoms with Crippen molar-refractivity contribution in [1.82, 2.24) is 0 Å². The third kappa shape index (κ3) is 5.75. The Morgan fingerprint density at radius 3 is 2.08 bits per heavy atom. The van der Waals surface area contributed by atoms with E-state index in [-0.39, 0.29) is 0 Å². The van der Waals surface area contributed by atoms with E-state index in [9.17, 15) is 9.59 Å². The molecule has 0 heterocycles. The van der Waals surface area contributed by atoms with Gasteiger partial charge in [0, 0.05) is 0 Å². The Morgan fingerprint density at radius 1 is 0.885 bits per heavy atom. The third-order valence-corrected chi connectivity index (χ3v) is 4.74. The Bertz CT molecular complexity index is 563. The second kappa shape index (κ2) is 11.6. The first-order chi connectivity index (χ1) is 12.6. The van der Waals surface area contributed by atoms with Crippen molar-refractivity contribution >= 4 is 11.9 Å². The van der Waals surface area contributed by atoms with E-state index in [2.05, 4.69) is 6.92 Å². The maximum absolute atomic E-state index is 12.8. The highest BCUT2D eigenvalue weighted by atomic mass is 16.6. The van der Waals surface area contributed by atoms with E-state index in [0.29, 0.717) is 30.9 Å². The van der Waals surface area contributed by atoms with Crippen molar-refractivity contribution in [3.63, 3.8) is 0 Å². The molecule has 0 spiro atoms. The van der Waals surface area contributed by atoms with Crippen molar-refractivity contribution in [1.29, 1.82) is 0 Å². The summed E-state index contributed by atoms with van der Waals surface area (Å²) in [6.45, 7) is 6.10. The number of para-hydroxylation sites is 2. The monoisotopic (exact) mass is 364 g/mol. The molecule has 5 nitrogen and oxygen atoms in total. The summed E-state index contributed by atoms with van der Waals surface area (Å²) in [5.41, 5.74) is -1.29. The highest BCUT2D eigenvalue weighted by Crippen LogP contribution is 2.33. The van der Waals surface area contributed by atoms with Crippen molar-refractivity contribution < 1.29 is 23.8 Å². The van der Waals surface area contributed by atoms with Crippen LogP contribution in [0.25, 0.3) is 0 Å². The minimum Gasteiger partial charge on any atom is -0.493 e. The molecule has 1 aromatic rings. The molecule has 0 N–H and O–H groups in total. The summed E-state index contributed by atoms with van der Waals surface area (Å²) in [6, 6.07) is 6.89. The van der Waals surface area contributed by atoms with Crippen LogP contribution in [0, 0.1) is 5.41 Å². The van der Waals surface area contributed by atoms with Gasteiger partial charge in [0.05, 0.1) is 13.7 Å². The smallest absolute Gasteiger partial charge is 0.328 e. The van der Waals surface area contributed by atoms with Crippen LogP contribution in [0.5, 0.6) is 11.5 Å². The van der Waals surface area contributed by atoms with Crippen LogP contribution in [0.1, 0.15) is 65.7 Å². The maximum atomic E-state index is 12.8. The van der Waals surface area contributed by atoms with Gasteiger partial charge in [-0.1, -0.05) is 58.6 Å². The first-order valence-corrected chi connectivity index (χ1v) is 9.58. The fourth-order valence-corrected chi connectivity index (χ4v) is 2.82. The zero-order valence-electron chi connectivity index (χ0n) is 16.5. The van der Waals surface area contributed by atoms with Gasteiger partial charge >= 0.3 is 11.9 Å². The van der Waals surface area contributed by atoms with Gasteiger partial charge in [-0.25, -0.2) is 0 Å². The molecule has 0 bridgehead atoms. The zero-order chi connectivity index (χ0) is 19.4. The van der Waals surface area contributed by atoms with Gasteiger partial charge < -0.3 is 14.2 Å². The minimum atomic E-state index is -1.29. The lowest BCUT2D eigenvalue weighted by atomic mass is 9.82. The van der Waals surface area contributed by atoms with Crippen molar-refractivity contribution in [3.05, 3.63) is 24.3 Å². The Labute approximate surface area is 157 Å². The van der Waals surface area contributed by atoms with Gasteiger partial charge in [0.25, 0.3) is 0 Å². The fraction of sp³-hybridized carbons (Fsp3) is 0.619. The molecule has 0 atom stereocenters. The summed E-state index contributed by atoms with van der Waals surface area (Å²) in [5.74, 6) is -0.342. The standard InChI is InChI=1S/C21H32O5/c1-5-8-9-10-13-16-25-19(22)21(6-2,7-3)20(23)26-18-15-12-11-14-17(18)24-4/h11-12,14-15H,5-10,13,16H2,1-4H3. The number of hydrogen-bond donors (Lipinski definition) is 0. The fourth-order valence-electron chi connectivity index (χ4n) is 2.82. The topological polar surface area (TPSA) is 61.8 Å². The van der Waals surface area contributed by atoms with E-state index in [1.54, 1.807) is 38.1 Å². The molecule has 0 saturated heterocycles. The normalized spacial score (nSPS) is 11.1. The molecule has 0 radical (unpaired) electrons. The van der Waals surface area contributed by atoms with Crippen molar-refractivity contribution in [2.24, 2.45) is 5.41 Å². The lowest BCUT2D eigenvalue weighted by Crippen LogP contribution is -2.42. The van der Waals surface area contributed by atoms with Crippen molar-refractivity contribution in [2.45, 2.75) is 65.7 Å². The summed E-state index contributed by atoms with van der Waals surface area (Å²) < 4.78 is 16.1. The lowest BCUT2D eigenvalue weighted by Gasteiger charge is -2.27. The van der Waals surface area contributed by atoms with Crippen LogP contribution in [-0.4, -0.2) is 25.7 Å². The molecule has 0 aliphatic carbocycles. The molecule has 0 saturated carbocycles. The minimum absolute atomic E-state index is 0.304. The molecule has 0 unspecified atom stereocenters. The largest absolute Gasteiger partial charge is 0.493 e. The molecule has 0 fully saturated rings. The molecule has 0 aromatic heterocycles. The molecule has 0 aliphatic rings. The second-order valence-electron chi connectivity index (χ2n) is 6.38. The van der Waals surface area contributed by atoms with E-state index in [0.717, 1.165) is 19.3 Å². The number of rotatable bonds is 12. The number of methoxy groups -OCH3 is 1. The van der Waals surface area contributed by atoms with Crippen LogP contribution >= 0.6 is 0 Å². The number of unbranched alkanes of at least 4 members (excludes halogenated alkanes) is 4. The lowest BCUT2D eigenvalue weighted by molar-refractivity contribution is -0.168. The van der Waals surface area contributed by atoms with Crippen molar-refractivity contribution in [3.8, 4) is 11.5 Å². The molecule has 146 valence electrons. The van der Waals surface area contributed by atoms with Gasteiger partial charge in [-0.3, -0.25) is 9.59 Å². The summed E-state index contributed by atoms with van der Waals surface area (Å²) in [5, 5.41) is 0. The highest BCUT2D eigenvalue weighted by Gasteiger charge is 2.46. The summed E-state index contributed by atoms with van der Waals surface area (Å²) in [6.07, 6.45) is 5.99. The second-order valence-corrected chi connectivity index (χ2v) is 6.38. The Balaban J connectivity index is 2.74. The number of carbonyl (C=O) groups is 2. The first kappa shape index (κ1) is 22.0. The van der Waals surface area contributed by atoms with Crippen LogP contribution in [0.3, 0.4) is 0 Å². The van der Waals surface area contributed by atoms with Gasteiger partial charge in [-0.2, -0.15) is 0 Å². The van der Waals surface area contributed by atoms with Gasteiger partial charge in [-0.15, -0.1) is 0 Å². The van der Waals surface area contributed by atoms with Gasteiger partial charge in [0.1, 0.15) is 0 Å². The highest BCUT2D eigenvalue weighted by molar-refractivity contribution is 6.00. The number of esters is 2. The number of benzene rings is 1.